The molecule has 0 aliphatic carbocycles. The Balaban J connectivity index is 0.805. The standard InChI is InChI=1S/C81H95N3O12/c1-5-81(91-57-27-21-15-9-6-12-18-24-54-88-72-48-36-69(37-49-72)63(2)78(85)94-75-42-30-66(60-82)31-43-75,92-58-28-22-16-10-7-13-19-25-55-89-73-50-38-70(39-51-73)64(3)79(86)95-76-44-32-67(61-83)33-45-76)93-59-29-23-17-11-8-14-20-26-56-90-74-52-40-71(41-53-74)65(4)80(87)96-77-46-34-68(62-84)35-47-77/h30-53H,2-29,54-59H2,1H3. The molecule has 0 heterocycles. The van der Waals surface area contributed by atoms with Gasteiger partial charge in [0.15, 0.2) is 0 Å². The molecule has 6 rings (SSSR count). The number of esters is 3. The lowest BCUT2D eigenvalue weighted by molar-refractivity contribution is -0.382. The monoisotopic (exact) mass is 1300 g/mol. The summed E-state index contributed by atoms with van der Waals surface area (Å²) < 4.78 is 53.7. The highest BCUT2D eigenvalue weighted by Gasteiger charge is 2.31. The molecule has 15 nitrogen and oxygen atoms in total. The van der Waals surface area contributed by atoms with Crippen LogP contribution >= 0.6 is 0 Å². The molecule has 0 saturated carbocycles. The summed E-state index contributed by atoms with van der Waals surface area (Å²) in [5.74, 6) is 0.577. The van der Waals surface area contributed by atoms with Crippen molar-refractivity contribution in [2.24, 2.45) is 0 Å². The van der Waals surface area contributed by atoms with Crippen LogP contribution in [0.25, 0.3) is 16.7 Å². The van der Waals surface area contributed by atoms with E-state index in [1.54, 1.807) is 109 Å². The zero-order valence-corrected chi connectivity index (χ0v) is 56.1. The molecule has 96 heavy (non-hydrogen) atoms. The topological polar surface area (TPSA) is 206 Å². The molecule has 6 aromatic rings. The van der Waals surface area contributed by atoms with Crippen LogP contribution in [0.5, 0.6) is 34.5 Å². The Hall–Kier alpha value is -9.30. The van der Waals surface area contributed by atoms with Crippen LogP contribution in [0, 0.1) is 34.0 Å². The molecule has 0 N–H and O–H groups in total. The molecule has 0 unspecified atom stereocenters. The minimum Gasteiger partial charge on any atom is -0.494 e. The van der Waals surface area contributed by atoms with Crippen molar-refractivity contribution in [1.29, 1.82) is 15.8 Å². The Morgan fingerprint density at radius 1 is 0.302 bits per heavy atom. The van der Waals surface area contributed by atoms with Crippen LogP contribution in [0.1, 0.15) is 201 Å². The molecule has 0 radical (unpaired) electrons. The maximum Gasteiger partial charge on any atom is 0.343 e. The van der Waals surface area contributed by atoms with Gasteiger partial charge in [-0.25, -0.2) is 14.4 Å². The van der Waals surface area contributed by atoms with Gasteiger partial charge in [-0.15, -0.1) is 0 Å². The summed E-state index contributed by atoms with van der Waals surface area (Å²) >= 11 is 0. The van der Waals surface area contributed by atoms with E-state index < -0.39 is 23.9 Å². The van der Waals surface area contributed by atoms with Gasteiger partial charge in [0.25, 0.3) is 5.97 Å². The van der Waals surface area contributed by atoms with Crippen LogP contribution in [-0.2, 0) is 28.6 Å². The predicted molar refractivity (Wildman–Crippen MR) is 375 cm³/mol. The molecular weight excluding hydrogens is 1210 g/mol. The van der Waals surface area contributed by atoms with E-state index in [0.29, 0.717) is 96.7 Å². The van der Waals surface area contributed by atoms with E-state index in [9.17, 15) is 14.4 Å². The number of nitrogens with zero attached hydrogens (tertiary/aromatic N) is 3. The van der Waals surface area contributed by atoms with Crippen LogP contribution in [-0.4, -0.2) is 63.5 Å². The molecule has 6 aromatic carbocycles. The summed E-state index contributed by atoms with van der Waals surface area (Å²) in [4.78, 5) is 37.9. The summed E-state index contributed by atoms with van der Waals surface area (Å²) in [6.45, 7) is 17.5. The van der Waals surface area contributed by atoms with E-state index in [0.717, 1.165) is 133 Å². The summed E-state index contributed by atoms with van der Waals surface area (Å²) in [6, 6.07) is 47.1. The second-order valence-corrected chi connectivity index (χ2v) is 23.7. The fourth-order valence-corrected chi connectivity index (χ4v) is 10.4. The van der Waals surface area contributed by atoms with E-state index in [-0.39, 0.29) is 16.7 Å². The smallest absolute Gasteiger partial charge is 0.343 e. The first-order valence-electron chi connectivity index (χ1n) is 34.3. The second kappa shape index (κ2) is 44.4. The zero-order chi connectivity index (χ0) is 68.3. The Bertz CT molecular complexity index is 3070. The summed E-state index contributed by atoms with van der Waals surface area (Å²) in [5, 5.41) is 27.0. The highest BCUT2D eigenvalue weighted by molar-refractivity contribution is 6.17. The lowest BCUT2D eigenvalue weighted by Gasteiger charge is -2.32. The summed E-state index contributed by atoms with van der Waals surface area (Å²) in [5.41, 5.74) is 4.13. The normalized spacial score (nSPS) is 10.9. The average Bonchev–Trinajstić information content (AvgIpc) is 1.07. The first-order chi connectivity index (χ1) is 46.9. The van der Waals surface area contributed by atoms with Gasteiger partial charge in [0, 0.05) is 6.42 Å². The number of carbonyl (C=O) groups is 3. The van der Waals surface area contributed by atoms with Gasteiger partial charge in [-0.3, -0.25) is 0 Å². The lowest BCUT2D eigenvalue weighted by atomic mass is 10.1. The third-order valence-electron chi connectivity index (χ3n) is 16.3. The maximum absolute atomic E-state index is 12.6. The fourth-order valence-electron chi connectivity index (χ4n) is 10.4. The molecule has 0 saturated heterocycles. The highest BCUT2D eigenvalue weighted by Crippen LogP contribution is 2.27. The van der Waals surface area contributed by atoms with E-state index in [4.69, 9.17) is 58.4 Å². The van der Waals surface area contributed by atoms with E-state index in [1.807, 2.05) is 54.6 Å². The number of nitriles is 3. The number of ether oxygens (including phenoxy) is 9. The highest BCUT2D eigenvalue weighted by atomic mass is 16.9. The molecule has 0 spiro atoms. The molecule has 0 aliphatic heterocycles. The maximum atomic E-state index is 12.6. The van der Waals surface area contributed by atoms with Crippen molar-refractivity contribution < 1.29 is 57.0 Å². The Labute approximate surface area is 569 Å². The molecule has 0 aliphatic rings. The van der Waals surface area contributed by atoms with E-state index in [1.165, 1.54) is 38.5 Å². The molecule has 506 valence electrons. The van der Waals surface area contributed by atoms with Crippen LogP contribution in [0.4, 0.5) is 0 Å². The third-order valence-corrected chi connectivity index (χ3v) is 16.3. The van der Waals surface area contributed by atoms with E-state index >= 15 is 0 Å². The lowest BCUT2D eigenvalue weighted by Crippen LogP contribution is -2.39. The van der Waals surface area contributed by atoms with Gasteiger partial charge in [0.1, 0.15) is 34.5 Å². The van der Waals surface area contributed by atoms with Gasteiger partial charge in [-0.05, 0) is 164 Å². The Kier molecular flexibility index (Phi) is 35.0. The van der Waals surface area contributed by atoms with Crippen molar-refractivity contribution in [1.82, 2.24) is 0 Å². The van der Waals surface area contributed by atoms with Gasteiger partial charge in [0.2, 0.25) is 0 Å². The summed E-state index contributed by atoms with van der Waals surface area (Å²) in [7, 11) is 0. The van der Waals surface area contributed by atoms with Crippen molar-refractivity contribution in [3.05, 3.63) is 199 Å². The van der Waals surface area contributed by atoms with Crippen molar-refractivity contribution in [2.45, 2.75) is 173 Å². The SMILES string of the molecule is C=C(C(=O)Oc1ccc(C#N)cc1)c1ccc(OCCCCCCCCCCOC(CC)(OCCCCCCCCCCOc2ccc(C(=C)C(=O)Oc3ccc(C#N)cc3)cc2)OCCCCCCCCCCOc2ccc(C(=C)C(=O)Oc3ccc(C#N)cc3)cc2)cc1. The molecule has 0 fully saturated rings. The quantitative estimate of drug-likeness (QED) is 0.0114. The van der Waals surface area contributed by atoms with Gasteiger partial charge in [0.05, 0.1) is 91.3 Å². The first-order valence-corrected chi connectivity index (χ1v) is 34.3. The zero-order valence-electron chi connectivity index (χ0n) is 56.1. The van der Waals surface area contributed by atoms with Gasteiger partial charge < -0.3 is 42.6 Å². The fraction of sp³-hybridized carbons (Fsp3) is 0.407. The number of benzene rings is 6. The Morgan fingerprint density at radius 2 is 0.500 bits per heavy atom. The number of rotatable bonds is 49. The second-order valence-electron chi connectivity index (χ2n) is 23.7. The number of carbonyl (C=O) groups excluding carboxylic acids is 3. The number of hydrogen-bond acceptors (Lipinski definition) is 15. The minimum absolute atomic E-state index is 0.238. The molecular formula is C81H95N3O12. The molecule has 0 aromatic heterocycles. The van der Waals surface area contributed by atoms with Crippen molar-refractivity contribution in [3.8, 4) is 52.7 Å². The van der Waals surface area contributed by atoms with Crippen LogP contribution in [0.15, 0.2) is 165 Å². The first kappa shape index (κ1) is 75.7. The minimum atomic E-state index is -1.04. The van der Waals surface area contributed by atoms with Crippen molar-refractivity contribution in [3.63, 3.8) is 0 Å². The van der Waals surface area contributed by atoms with Crippen molar-refractivity contribution in [2.75, 3.05) is 39.6 Å². The number of hydrogen-bond donors (Lipinski definition) is 0. The van der Waals surface area contributed by atoms with Gasteiger partial charge in [-0.2, -0.15) is 15.8 Å². The van der Waals surface area contributed by atoms with E-state index in [2.05, 4.69) is 26.7 Å². The van der Waals surface area contributed by atoms with Gasteiger partial charge in [-0.1, -0.05) is 179 Å². The molecule has 0 bridgehead atoms. The van der Waals surface area contributed by atoms with Crippen LogP contribution in [0.2, 0.25) is 0 Å². The molecule has 15 heteroatoms. The molecule has 0 amide bonds. The number of unbranched alkanes of at least 4 members (excludes halogenated alkanes) is 21. The van der Waals surface area contributed by atoms with Crippen LogP contribution < -0.4 is 28.4 Å². The van der Waals surface area contributed by atoms with Gasteiger partial charge >= 0.3 is 17.9 Å². The molecule has 0 atom stereocenters. The van der Waals surface area contributed by atoms with Crippen LogP contribution in [0.3, 0.4) is 0 Å². The Morgan fingerprint density at radius 3 is 0.708 bits per heavy atom. The largest absolute Gasteiger partial charge is 0.494 e. The third kappa shape index (κ3) is 28.7. The summed E-state index contributed by atoms with van der Waals surface area (Å²) in [6.07, 6.45) is 26.9. The average molecular weight is 1300 g/mol. The predicted octanol–water partition coefficient (Wildman–Crippen LogP) is 19.2. The van der Waals surface area contributed by atoms with Crippen molar-refractivity contribution >= 4 is 34.6 Å².